The Balaban J connectivity index is 1.55. The number of benzene rings is 3. The molecule has 2 N–H and O–H groups in total. The topological polar surface area (TPSA) is 58.2 Å². The van der Waals surface area contributed by atoms with Crippen LogP contribution in [0.2, 0.25) is 0 Å². The summed E-state index contributed by atoms with van der Waals surface area (Å²) in [7, 11) is 0. The summed E-state index contributed by atoms with van der Waals surface area (Å²) >= 11 is 0. The second-order valence-electron chi connectivity index (χ2n) is 9.48. The van der Waals surface area contributed by atoms with Crippen molar-refractivity contribution in [2.45, 2.75) is 44.9 Å². The Morgan fingerprint density at radius 2 is 1.64 bits per heavy atom. The molecule has 0 fully saturated rings. The molecule has 0 radical (unpaired) electrons. The minimum absolute atomic E-state index is 0.0572. The summed E-state index contributed by atoms with van der Waals surface area (Å²) < 4.78 is 13.4. The minimum atomic E-state index is -0.475. The quantitative estimate of drug-likeness (QED) is 0.445. The fourth-order valence-corrected chi connectivity index (χ4v) is 5.31. The van der Waals surface area contributed by atoms with Crippen molar-refractivity contribution in [2.24, 2.45) is 0 Å². The molecule has 4 nitrogen and oxygen atoms in total. The van der Waals surface area contributed by atoms with E-state index < -0.39 is 5.92 Å². The van der Waals surface area contributed by atoms with Gasteiger partial charge in [-0.25, -0.2) is 4.39 Å². The number of allylic oxidation sites excluding steroid dienone is 3. The molecular weight excluding hydrogens is 451 g/mol. The first-order chi connectivity index (χ1) is 17.4. The van der Waals surface area contributed by atoms with E-state index in [2.05, 4.69) is 41.8 Å². The lowest BCUT2D eigenvalue weighted by Crippen LogP contribution is -2.37. The molecule has 0 saturated heterocycles. The van der Waals surface area contributed by atoms with Crippen LogP contribution in [0.25, 0.3) is 0 Å². The zero-order valence-corrected chi connectivity index (χ0v) is 20.5. The van der Waals surface area contributed by atoms with Crippen molar-refractivity contribution in [1.82, 2.24) is 5.32 Å². The van der Waals surface area contributed by atoms with E-state index in [1.54, 1.807) is 0 Å². The molecule has 1 aliphatic carbocycles. The molecule has 0 spiro atoms. The van der Waals surface area contributed by atoms with Crippen LogP contribution in [0, 0.1) is 5.82 Å². The van der Waals surface area contributed by atoms with Gasteiger partial charge in [0.05, 0.1) is 0 Å². The molecule has 36 heavy (non-hydrogen) atoms. The molecule has 3 aromatic rings. The number of carbonyl (C=O) groups is 2. The van der Waals surface area contributed by atoms with Gasteiger partial charge in [0, 0.05) is 40.6 Å². The highest BCUT2D eigenvalue weighted by atomic mass is 19.1. The fourth-order valence-electron chi connectivity index (χ4n) is 5.31. The Morgan fingerprint density at radius 3 is 2.31 bits per heavy atom. The Labute approximate surface area is 210 Å². The van der Waals surface area contributed by atoms with Crippen LogP contribution in [-0.4, -0.2) is 11.7 Å². The number of halogens is 1. The third kappa shape index (κ3) is 4.61. The molecule has 5 rings (SSSR count). The number of anilines is 1. The molecule has 1 aliphatic heterocycles. The van der Waals surface area contributed by atoms with Crippen molar-refractivity contribution in [1.29, 1.82) is 0 Å². The van der Waals surface area contributed by atoms with Crippen LogP contribution in [0.15, 0.2) is 101 Å². The number of hydrogen-bond acceptors (Lipinski definition) is 3. The van der Waals surface area contributed by atoms with Gasteiger partial charge in [-0.15, -0.1) is 0 Å². The molecule has 5 heteroatoms. The number of hydrogen-bond donors (Lipinski definition) is 2. The van der Waals surface area contributed by atoms with Crippen molar-refractivity contribution < 1.29 is 14.0 Å². The van der Waals surface area contributed by atoms with E-state index in [1.807, 2.05) is 37.3 Å². The lowest BCUT2D eigenvalue weighted by atomic mass is 9.71. The van der Waals surface area contributed by atoms with E-state index in [4.69, 9.17) is 0 Å². The maximum Gasteiger partial charge on any atom is 0.254 e. The highest BCUT2D eigenvalue weighted by Gasteiger charge is 2.40. The van der Waals surface area contributed by atoms with Gasteiger partial charge in [0.2, 0.25) is 0 Å². The molecule has 182 valence electrons. The van der Waals surface area contributed by atoms with Gasteiger partial charge in [-0.05, 0) is 66.6 Å². The Hall–Kier alpha value is -3.99. The highest BCUT2D eigenvalue weighted by Crippen LogP contribution is 2.45. The molecule has 3 aromatic carbocycles. The molecule has 0 saturated carbocycles. The van der Waals surface area contributed by atoms with Crippen LogP contribution in [0.5, 0.6) is 0 Å². The Kier molecular flexibility index (Phi) is 6.55. The molecule has 0 bridgehead atoms. The number of nitrogens with one attached hydrogen (secondary N) is 2. The largest absolute Gasteiger partial charge is 0.362 e. The standard InChI is InChI=1S/C31H29FN2O2/c1-3-20-9-11-22(12-10-20)29-28(31(36)34-25-15-13-24(32)14-16-25)19(2)33-26-17-23(18-27(35)30(26)29)21-7-5-4-6-8-21/h4-16,23,29,33H,3,17-18H2,1-2H3,(H,34,36)/t23-,29+/m0/s1. The molecule has 1 amide bonds. The summed E-state index contributed by atoms with van der Waals surface area (Å²) in [5, 5.41) is 6.31. The van der Waals surface area contributed by atoms with Crippen molar-refractivity contribution in [3.8, 4) is 0 Å². The number of rotatable bonds is 5. The normalized spacial score (nSPS) is 19.6. The first kappa shape index (κ1) is 23.7. The summed E-state index contributed by atoms with van der Waals surface area (Å²) in [6.07, 6.45) is 2.02. The first-order valence-electron chi connectivity index (χ1n) is 12.4. The van der Waals surface area contributed by atoms with Gasteiger partial charge >= 0.3 is 0 Å². The van der Waals surface area contributed by atoms with Gasteiger partial charge < -0.3 is 10.6 Å². The zero-order valence-electron chi connectivity index (χ0n) is 20.5. The Morgan fingerprint density at radius 1 is 0.944 bits per heavy atom. The minimum Gasteiger partial charge on any atom is -0.362 e. The smallest absolute Gasteiger partial charge is 0.254 e. The number of aryl methyl sites for hydroxylation is 1. The van der Waals surface area contributed by atoms with Crippen LogP contribution in [0.4, 0.5) is 10.1 Å². The first-order valence-corrected chi connectivity index (χ1v) is 12.4. The number of carbonyl (C=O) groups excluding carboxylic acids is 2. The monoisotopic (exact) mass is 480 g/mol. The predicted molar refractivity (Wildman–Crippen MR) is 140 cm³/mol. The second-order valence-corrected chi connectivity index (χ2v) is 9.48. The molecule has 0 unspecified atom stereocenters. The van der Waals surface area contributed by atoms with Gasteiger partial charge in [-0.1, -0.05) is 61.5 Å². The van der Waals surface area contributed by atoms with Crippen molar-refractivity contribution >= 4 is 17.4 Å². The number of dihydropyridines is 1. The predicted octanol–water partition coefficient (Wildman–Crippen LogP) is 6.39. The van der Waals surface area contributed by atoms with Crippen molar-refractivity contribution in [3.05, 3.63) is 124 Å². The molecule has 2 atom stereocenters. The van der Waals surface area contributed by atoms with Crippen LogP contribution < -0.4 is 10.6 Å². The van der Waals surface area contributed by atoms with Crippen LogP contribution in [0.3, 0.4) is 0 Å². The van der Waals surface area contributed by atoms with E-state index in [1.165, 1.54) is 29.8 Å². The lowest BCUT2D eigenvalue weighted by molar-refractivity contribution is -0.116. The number of Topliss-reactive ketones (excluding diaryl/α,β-unsaturated/α-hetero) is 1. The van der Waals surface area contributed by atoms with Gasteiger partial charge in [-0.2, -0.15) is 0 Å². The third-order valence-electron chi connectivity index (χ3n) is 7.17. The second kappa shape index (κ2) is 9.94. The average molecular weight is 481 g/mol. The average Bonchev–Trinajstić information content (AvgIpc) is 2.89. The zero-order chi connectivity index (χ0) is 25.2. The van der Waals surface area contributed by atoms with Crippen molar-refractivity contribution in [3.63, 3.8) is 0 Å². The summed E-state index contributed by atoms with van der Waals surface area (Å²) in [6.45, 7) is 3.98. The van der Waals surface area contributed by atoms with Crippen LogP contribution >= 0.6 is 0 Å². The summed E-state index contributed by atoms with van der Waals surface area (Å²) in [5.41, 5.74) is 6.54. The van der Waals surface area contributed by atoms with E-state index in [9.17, 15) is 14.0 Å². The summed E-state index contributed by atoms with van der Waals surface area (Å²) in [5.74, 6) is -0.998. The van der Waals surface area contributed by atoms with E-state index in [0.29, 0.717) is 29.7 Å². The maximum atomic E-state index is 13.7. The lowest BCUT2D eigenvalue weighted by Gasteiger charge is -2.37. The molecular formula is C31H29FN2O2. The SMILES string of the molecule is CCc1ccc([C@@H]2C(C(=O)Nc3ccc(F)cc3)=C(C)NC3=C2C(=O)C[C@@H](c2ccccc2)C3)cc1. The summed E-state index contributed by atoms with van der Waals surface area (Å²) in [4.78, 5) is 27.3. The van der Waals surface area contributed by atoms with Gasteiger partial charge in [0.15, 0.2) is 5.78 Å². The number of ketones is 1. The fraction of sp³-hybridized carbons (Fsp3) is 0.226. The van der Waals surface area contributed by atoms with Crippen LogP contribution in [0.1, 0.15) is 55.2 Å². The third-order valence-corrected chi connectivity index (χ3v) is 7.17. The van der Waals surface area contributed by atoms with Gasteiger partial charge in [0.1, 0.15) is 5.82 Å². The van der Waals surface area contributed by atoms with E-state index in [0.717, 1.165) is 28.9 Å². The highest BCUT2D eigenvalue weighted by molar-refractivity contribution is 6.10. The van der Waals surface area contributed by atoms with Gasteiger partial charge in [-0.3, -0.25) is 9.59 Å². The maximum absolute atomic E-state index is 13.7. The van der Waals surface area contributed by atoms with E-state index in [-0.39, 0.29) is 23.4 Å². The van der Waals surface area contributed by atoms with Crippen LogP contribution in [-0.2, 0) is 16.0 Å². The molecule has 1 heterocycles. The Bertz CT molecular complexity index is 1360. The summed E-state index contributed by atoms with van der Waals surface area (Å²) in [6, 6.07) is 24.0. The van der Waals surface area contributed by atoms with Gasteiger partial charge in [0.25, 0.3) is 5.91 Å². The van der Waals surface area contributed by atoms with E-state index >= 15 is 0 Å². The molecule has 2 aliphatic rings. The molecule has 0 aromatic heterocycles. The number of amides is 1. The van der Waals surface area contributed by atoms with Crippen molar-refractivity contribution in [2.75, 3.05) is 5.32 Å².